The van der Waals surface area contributed by atoms with Crippen LogP contribution in [0.25, 0.3) is 0 Å². The lowest BCUT2D eigenvalue weighted by molar-refractivity contribution is -0.147. The maximum absolute atomic E-state index is 13.0. The van der Waals surface area contributed by atoms with Crippen molar-refractivity contribution in [1.82, 2.24) is 5.32 Å². The van der Waals surface area contributed by atoms with Crippen molar-refractivity contribution in [3.63, 3.8) is 0 Å². The monoisotopic (exact) mass is 442 g/mol. The van der Waals surface area contributed by atoms with Crippen molar-refractivity contribution in [3.8, 4) is 0 Å². The number of benzene rings is 2. The van der Waals surface area contributed by atoms with E-state index in [0.717, 1.165) is 12.1 Å². The van der Waals surface area contributed by atoms with Gasteiger partial charge in [0.2, 0.25) is 0 Å². The molecule has 10 heteroatoms. The van der Waals surface area contributed by atoms with E-state index in [2.05, 4.69) is 5.32 Å². The molecule has 0 fully saturated rings. The molecule has 1 atom stereocenters. The SMILES string of the molecule is CC(CC(=O)OCC(=O)Nc1c(Cl)cccc1C(F)(F)F)NC(=O)c1ccccc1. The first kappa shape index (κ1) is 23.2. The fraction of sp³-hybridized carbons (Fsp3) is 0.250. The number of para-hydroxylation sites is 1. The fourth-order valence-corrected chi connectivity index (χ4v) is 2.69. The number of esters is 1. The molecule has 0 spiro atoms. The van der Waals surface area contributed by atoms with Crippen molar-refractivity contribution in [2.75, 3.05) is 11.9 Å². The Balaban J connectivity index is 1.85. The molecule has 160 valence electrons. The summed E-state index contributed by atoms with van der Waals surface area (Å²) in [6.07, 6.45) is -4.96. The Hall–Kier alpha value is -3.07. The van der Waals surface area contributed by atoms with E-state index in [1.165, 1.54) is 6.07 Å². The average Bonchev–Trinajstić information content (AvgIpc) is 2.67. The van der Waals surface area contributed by atoms with Crippen LogP contribution in [0.15, 0.2) is 48.5 Å². The van der Waals surface area contributed by atoms with E-state index in [9.17, 15) is 27.6 Å². The van der Waals surface area contributed by atoms with Crippen LogP contribution in [0, 0.1) is 0 Å². The van der Waals surface area contributed by atoms with Gasteiger partial charge >= 0.3 is 12.1 Å². The minimum absolute atomic E-state index is 0.230. The third-order valence-electron chi connectivity index (χ3n) is 3.83. The van der Waals surface area contributed by atoms with E-state index in [0.29, 0.717) is 5.56 Å². The molecule has 30 heavy (non-hydrogen) atoms. The maximum Gasteiger partial charge on any atom is 0.418 e. The quantitative estimate of drug-likeness (QED) is 0.634. The number of carbonyl (C=O) groups excluding carboxylic acids is 3. The number of amides is 2. The zero-order valence-electron chi connectivity index (χ0n) is 15.8. The normalized spacial score (nSPS) is 12.0. The number of carbonyl (C=O) groups is 3. The number of hydrogen-bond donors (Lipinski definition) is 2. The maximum atomic E-state index is 13.0. The molecule has 0 saturated carbocycles. The van der Waals surface area contributed by atoms with Crippen molar-refractivity contribution < 1.29 is 32.3 Å². The summed E-state index contributed by atoms with van der Waals surface area (Å²) in [5, 5.41) is 4.31. The number of alkyl halides is 3. The second kappa shape index (κ2) is 10.1. The molecule has 2 amide bonds. The standard InChI is InChI=1S/C20H18ClF3N2O4/c1-12(25-19(29)13-6-3-2-4-7-13)10-17(28)30-11-16(27)26-18-14(20(22,23)24)8-5-9-15(18)21/h2-9,12H,10-11H2,1H3,(H,25,29)(H,26,27). The first-order chi connectivity index (χ1) is 14.1. The molecule has 0 heterocycles. The van der Waals surface area contributed by atoms with Crippen LogP contribution in [0.3, 0.4) is 0 Å². The molecular formula is C20H18ClF3N2O4. The predicted molar refractivity (Wildman–Crippen MR) is 104 cm³/mol. The van der Waals surface area contributed by atoms with Crippen LogP contribution in [0.2, 0.25) is 5.02 Å². The van der Waals surface area contributed by atoms with E-state index in [4.69, 9.17) is 16.3 Å². The van der Waals surface area contributed by atoms with Crippen LogP contribution >= 0.6 is 11.6 Å². The first-order valence-corrected chi connectivity index (χ1v) is 9.13. The van der Waals surface area contributed by atoms with Gasteiger partial charge in [-0.15, -0.1) is 0 Å². The molecule has 2 N–H and O–H groups in total. The number of rotatable bonds is 7. The molecule has 0 aliphatic carbocycles. The molecule has 0 saturated heterocycles. The summed E-state index contributed by atoms with van der Waals surface area (Å²) in [6.45, 7) is 0.766. The van der Waals surface area contributed by atoms with Crippen molar-refractivity contribution in [3.05, 3.63) is 64.7 Å². The molecule has 0 aliphatic rings. The number of hydrogen-bond acceptors (Lipinski definition) is 4. The van der Waals surface area contributed by atoms with Crippen molar-refractivity contribution in [2.24, 2.45) is 0 Å². The van der Waals surface area contributed by atoms with E-state index < -0.39 is 42.0 Å². The highest BCUT2D eigenvalue weighted by atomic mass is 35.5. The molecule has 0 radical (unpaired) electrons. The second-order valence-electron chi connectivity index (χ2n) is 6.31. The largest absolute Gasteiger partial charge is 0.455 e. The van der Waals surface area contributed by atoms with Gasteiger partial charge in [-0.1, -0.05) is 35.9 Å². The van der Waals surface area contributed by atoms with E-state index >= 15 is 0 Å². The van der Waals surface area contributed by atoms with Gasteiger partial charge in [-0.2, -0.15) is 13.2 Å². The Bertz CT molecular complexity index is 920. The molecular weight excluding hydrogens is 425 g/mol. The minimum atomic E-state index is -4.73. The van der Waals surface area contributed by atoms with Gasteiger partial charge in [-0.05, 0) is 31.2 Å². The highest BCUT2D eigenvalue weighted by Crippen LogP contribution is 2.38. The molecule has 0 aromatic heterocycles. The molecule has 2 rings (SSSR count). The van der Waals surface area contributed by atoms with Crippen molar-refractivity contribution >= 4 is 35.1 Å². The second-order valence-corrected chi connectivity index (χ2v) is 6.72. The molecule has 2 aromatic rings. The smallest absolute Gasteiger partial charge is 0.418 e. The van der Waals surface area contributed by atoms with Crippen LogP contribution < -0.4 is 10.6 Å². The van der Waals surface area contributed by atoms with Crippen LogP contribution in [0.4, 0.5) is 18.9 Å². The lowest BCUT2D eigenvalue weighted by atomic mass is 10.1. The topological polar surface area (TPSA) is 84.5 Å². The molecule has 6 nitrogen and oxygen atoms in total. The number of anilines is 1. The van der Waals surface area contributed by atoms with Gasteiger partial charge in [0.05, 0.1) is 22.7 Å². The molecule has 2 aromatic carbocycles. The van der Waals surface area contributed by atoms with Gasteiger partial charge in [-0.3, -0.25) is 14.4 Å². The van der Waals surface area contributed by atoms with E-state index in [1.807, 2.05) is 5.32 Å². The van der Waals surface area contributed by atoms with Gasteiger partial charge in [0.15, 0.2) is 6.61 Å². The predicted octanol–water partition coefficient (Wildman–Crippen LogP) is 4.05. The highest BCUT2D eigenvalue weighted by molar-refractivity contribution is 6.34. The summed E-state index contributed by atoms with van der Waals surface area (Å²) < 4.78 is 43.9. The number of halogens is 4. The summed E-state index contributed by atoms with van der Waals surface area (Å²) in [5.41, 5.74) is -1.32. The minimum Gasteiger partial charge on any atom is -0.455 e. The lowest BCUT2D eigenvalue weighted by Crippen LogP contribution is -2.35. The molecule has 0 bridgehead atoms. The van der Waals surface area contributed by atoms with Crippen LogP contribution in [0.5, 0.6) is 0 Å². The molecule has 0 aliphatic heterocycles. The van der Waals surface area contributed by atoms with Gasteiger partial charge < -0.3 is 15.4 Å². The number of nitrogens with one attached hydrogen (secondary N) is 2. The Morgan fingerprint density at radius 2 is 1.73 bits per heavy atom. The zero-order valence-corrected chi connectivity index (χ0v) is 16.5. The Kier molecular flexibility index (Phi) is 7.82. The third-order valence-corrected chi connectivity index (χ3v) is 4.15. The van der Waals surface area contributed by atoms with Gasteiger partial charge in [-0.25, -0.2) is 0 Å². The summed E-state index contributed by atoms with van der Waals surface area (Å²) in [6, 6.07) is 10.8. The first-order valence-electron chi connectivity index (χ1n) is 8.75. The summed E-state index contributed by atoms with van der Waals surface area (Å²) in [4.78, 5) is 35.8. The summed E-state index contributed by atoms with van der Waals surface area (Å²) in [7, 11) is 0. The lowest BCUT2D eigenvalue weighted by Gasteiger charge is -2.16. The summed E-state index contributed by atoms with van der Waals surface area (Å²) >= 11 is 5.75. The van der Waals surface area contributed by atoms with Crippen molar-refractivity contribution in [2.45, 2.75) is 25.6 Å². The Labute approximate surface area is 175 Å². The van der Waals surface area contributed by atoms with Gasteiger partial charge in [0, 0.05) is 11.6 Å². The van der Waals surface area contributed by atoms with Crippen LogP contribution in [0.1, 0.15) is 29.3 Å². The van der Waals surface area contributed by atoms with Gasteiger partial charge in [0.1, 0.15) is 0 Å². The summed E-state index contributed by atoms with van der Waals surface area (Å²) in [5.74, 6) is -2.17. The van der Waals surface area contributed by atoms with Crippen LogP contribution in [-0.4, -0.2) is 30.4 Å². The third kappa shape index (κ3) is 6.77. The van der Waals surface area contributed by atoms with E-state index in [1.54, 1.807) is 37.3 Å². The Morgan fingerprint density at radius 3 is 2.37 bits per heavy atom. The van der Waals surface area contributed by atoms with E-state index in [-0.39, 0.29) is 17.4 Å². The highest BCUT2D eigenvalue weighted by Gasteiger charge is 2.34. The average molecular weight is 443 g/mol. The zero-order chi connectivity index (χ0) is 22.3. The Morgan fingerprint density at radius 1 is 1.07 bits per heavy atom. The van der Waals surface area contributed by atoms with Crippen LogP contribution in [-0.2, 0) is 20.5 Å². The van der Waals surface area contributed by atoms with Gasteiger partial charge in [0.25, 0.3) is 11.8 Å². The van der Waals surface area contributed by atoms with Crippen molar-refractivity contribution in [1.29, 1.82) is 0 Å². The number of ether oxygens (including phenoxy) is 1. The fourth-order valence-electron chi connectivity index (χ4n) is 2.47. The molecule has 1 unspecified atom stereocenters.